The van der Waals surface area contributed by atoms with Crippen LogP contribution >= 0.6 is 11.6 Å². The molecule has 0 fully saturated rings. The van der Waals surface area contributed by atoms with Crippen molar-refractivity contribution >= 4 is 22.6 Å². The number of aromatic nitrogens is 1. The molecule has 2 aromatic carbocycles. The summed E-state index contributed by atoms with van der Waals surface area (Å²) in [5.74, 6) is -0.413. The summed E-state index contributed by atoms with van der Waals surface area (Å²) in [6.07, 6.45) is 0. The Kier molecular flexibility index (Phi) is 3.86. The van der Waals surface area contributed by atoms with Crippen molar-refractivity contribution in [1.29, 1.82) is 0 Å². The number of rotatable bonds is 2. The second-order valence-corrected chi connectivity index (χ2v) is 6.14. The molecule has 0 saturated carbocycles. The predicted molar refractivity (Wildman–Crippen MR) is 100 cm³/mol. The molecule has 0 radical (unpaired) electrons. The monoisotopic (exact) mass is 365 g/mol. The number of benzene rings is 2. The molecule has 128 valence electrons. The molecule has 4 rings (SSSR count). The highest BCUT2D eigenvalue weighted by atomic mass is 35.5. The van der Waals surface area contributed by atoms with Gasteiger partial charge in [0.2, 0.25) is 0 Å². The van der Waals surface area contributed by atoms with Gasteiger partial charge in [0.25, 0.3) is 5.56 Å². The van der Waals surface area contributed by atoms with E-state index in [1.165, 1.54) is 4.57 Å². The van der Waals surface area contributed by atoms with E-state index >= 15 is 0 Å². The summed E-state index contributed by atoms with van der Waals surface area (Å²) in [6.45, 7) is 0. The Morgan fingerprint density at radius 1 is 0.923 bits per heavy atom. The zero-order valence-corrected chi connectivity index (χ0v) is 14.1. The molecule has 0 aliphatic rings. The molecule has 0 spiro atoms. The lowest BCUT2D eigenvalue weighted by molar-refractivity contribution is 0.467. The van der Waals surface area contributed by atoms with Crippen LogP contribution in [0.25, 0.3) is 27.9 Å². The first-order valence-electron chi connectivity index (χ1n) is 7.79. The quantitative estimate of drug-likeness (QED) is 0.583. The summed E-state index contributed by atoms with van der Waals surface area (Å²) < 4.78 is 6.60. The van der Waals surface area contributed by atoms with Gasteiger partial charge in [-0.15, -0.1) is 0 Å². The maximum absolute atomic E-state index is 13.1. The molecule has 2 aromatic heterocycles. The van der Waals surface area contributed by atoms with Crippen molar-refractivity contribution in [3.63, 3.8) is 0 Å². The van der Waals surface area contributed by atoms with Crippen molar-refractivity contribution in [1.82, 2.24) is 4.57 Å². The Hall–Kier alpha value is -3.31. The molecule has 0 unspecified atom stereocenters. The Balaban J connectivity index is 2.17. The van der Waals surface area contributed by atoms with E-state index < -0.39 is 16.9 Å². The Morgan fingerprint density at radius 3 is 2.31 bits per heavy atom. The minimum absolute atomic E-state index is 0.0315. The van der Waals surface area contributed by atoms with Gasteiger partial charge < -0.3 is 9.52 Å². The summed E-state index contributed by atoms with van der Waals surface area (Å²) in [5, 5.41) is 10.6. The van der Waals surface area contributed by atoms with Gasteiger partial charge in [0, 0.05) is 16.8 Å². The van der Waals surface area contributed by atoms with Crippen LogP contribution in [0, 0.1) is 0 Å². The minimum atomic E-state index is -0.724. The number of pyridine rings is 1. The second kappa shape index (κ2) is 6.20. The van der Waals surface area contributed by atoms with Gasteiger partial charge in [-0.1, -0.05) is 41.9 Å². The maximum Gasteiger partial charge on any atom is 0.339 e. The molecule has 5 nitrogen and oxygen atoms in total. The normalized spacial score (nSPS) is 11.0. The van der Waals surface area contributed by atoms with Gasteiger partial charge in [0.05, 0.1) is 11.8 Å². The molecule has 0 aliphatic heterocycles. The van der Waals surface area contributed by atoms with Gasteiger partial charge in [-0.25, -0.2) is 4.79 Å². The van der Waals surface area contributed by atoms with E-state index in [9.17, 15) is 14.7 Å². The standard InChI is InChI=1S/C20H12ClNO4/c21-13-6-8-14(9-7-13)22-15(12-4-2-1-3-5-12)10-17-19(20(22)25)16(23)11-18(24)26-17/h1-11,23H. The lowest BCUT2D eigenvalue weighted by Gasteiger charge is -2.15. The zero-order valence-electron chi connectivity index (χ0n) is 13.3. The van der Waals surface area contributed by atoms with Crippen molar-refractivity contribution < 1.29 is 9.52 Å². The van der Waals surface area contributed by atoms with Crippen LogP contribution in [0.5, 0.6) is 5.75 Å². The van der Waals surface area contributed by atoms with Crippen molar-refractivity contribution in [2.75, 3.05) is 0 Å². The molecule has 0 aliphatic carbocycles. The number of aromatic hydroxyl groups is 1. The second-order valence-electron chi connectivity index (χ2n) is 5.70. The van der Waals surface area contributed by atoms with E-state index in [-0.39, 0.29) is 11.0 Å². The third kappa shape index (κ3) is 2.68. The molecule has 0 saturated heterocycles. The number of hydrogen-bond acceptors (Lipinski definition) is 4. The van der Waals surface area contributed by atoms with Crippen molar-refractivity contribution in [2.24, 2.45) is 0 Å². The number of nitrogens with zero attached hydrogens (tertiary/aromatic N) is 1. The topological polar surface area (TPSA) is 72.4 Å². The Bertz CT molecular complexity index is 1230. The highest BCUT2D eigenvalue weighted by Gasteiger charge is 2.17. The smallest absolute Gasteiger partial charge is 0.339 e. The van der Waals surface area contributed by atoms with E-state index in [1.54, 1.807) is 30.3 Å². The van der Waals surface area contributed by atoms with Gasteiger partial charge in [-0.3, -0.25) is 9.36 Å². The number of fused-ring (bicyclic) bond motifs is 1. The molecular formula is C20H12ClNO4. The molecule has 4 aromatic rings. The van der Waals surface area contributed by atoms with Crippen LogP contribution in [0.4, 0.5) is 0 Å². The van der Waals surface area contributed by atoms with Crippen LogP contribution in [0.3, 0.4) is 0 Å². The van der Waals surface area contributed by atoms with Crippen molar-refractivity contribution in [3.05, 3.63) is 92.5 Å². The summed E-state index contributed by atoms with van der Waals surface area (Å²) >= 11 is 5.96. The van der Waals surface area contributed by atoms with Crippen molar-refractivity contribution in [3.8, 4) is 22.7 Å². The third-order valence-electron chi connectivity index (χ3n) is 4.05. The Labute approximate surface area is 152 Å². The largest absolute Gasteiger partial charge is 0.507 e. The van der Waals surface area contributed by atoms with Gasteiger partial charge in [-0.2, -0.15) is 0 Å². The Morgan fingerprint density at radius 2 is 1.62 bits per heavy atom. The van der Waals surface area contributed by atoms with Gasteiger partial charge >= 0.3 is 5.63 Å². The van der Waals surface area contributed by atoms with Gasteiger partial charge in [-0.05, 0) is 29.8 Å². The fraction of sp³-hybridized carbons (Fsp3) is 0. The van der Waals surface area contributed by atoms with Crippen LogP contribution < -0.4 is 11.2 Å². The van der Waals surface area contributed by atoms with E-state index in [1.807, 2.05) is 30.3 Å². The summed E-state index contributed by atoms with van der Waals surface area (Å²) in [4.78, 5) is 24.8. The van der Waals surface area contributed by atoms with Crippen LogP contribution in [-0.4, -0.2) is 9.67 Å². The van der Waals surface area contributed by atoms with Gasteiger partial charge in [0.15, 0.2) is 0 Å². The third-order valence-corrected chi connectivity index (χ3v) is 4.30. The lowest BCUT2D eigenvalue weighted by atomic mass is 10.1. The lowest BCUT2D eigenvalue weighted by Crippen LogP contribution is -2.21. The zero-order chi connectivity index (χ0) is 18.3. The van der Waals surface area contributed by atoms with E-state index in [4.69, 9.17) is 16.0 Å². The average molecular weight is 366 g/mol. The summed E-state index contributed by atoms with van der Waals surface area (Å²) in [6, 6.07) is 18.4. The molecular weight excluding hydrogens is 354 g/mol. The van der Waals surface area contributed by atoms with Crippen LogP contribution in [0.2, 0.25) is 5.02 Å². The van der Waals surface area contributed by atoms with Gasteiger partial charge in [0.1, 0.15) is 16.7 Å². The van der Waals surface area contributed by atoms with E-state index in [2.05, 4.69) is 0 Å². The van der Waals surface area contributed by atoms with Crippen LogP contribution in [0.1, 0.15) is 0 Å². The predicted octanol–water partition coefficient (Wildman–Crippen LogP) is 3.97. The number of halogens is 1. The first-order chi connectivity index (χ1) is 12.5. The van der Waals surface area contributed by atoms with Crippen LogP contribution in [0.15, 0.2) is 80.7 Å². The van der Waals surface area contributed by atoms with Crippen LogP contribution in [-0.2, 0) is 0 Å². The highest BCUT2D eigenvalue weighted by Crippen LogP contribution is 2.28. The molecule has 26 heavy (non-hydrogen) atoms. The molecule has 0 bridgehead atoms. The van der Waals surface area contributed by atoms with E-state index in [0.29, 0.717) is 16.4 Å². The number of hydrogen-bond donors (Lipinski definition) is 1. The SMILES string of the molecule is O=c1cc(O)c2c(=O)n(-c3ccc(Cl)cc3)c(-c3ccccc3)cc2o1. The molecule has 2 heterocycles. The molecule has 0 amide bonds. The summed E-state index contributed by atoms with van der Waals surface area (Å²) in [7, 11) is 0. The first-order valence-corrected chi connectivity index (χ1v) is 8.16. The fourth-order valence-electron chi connectivity index (χ4n) is 2.89. The molecule has 0 atom stereocenters. The average Bonchev–Trinajstić information content (AvgIpc) is 2.62. The highest BCUT2D eigenvalue weighted by molar-refractivity contribution is 6.30. The van der Waals surface area contributed by atoms with E-state index in [0.717, 1.165) is 11.6 Å². The maximum atomic E-state index is 13.1. The van der Waals surface area contributed by atoms with Crippen molar-refractivity contribution in [2.45, 2.75) is 0 Å². The minimum Gasteiger partial charge on any atom is -0.507 e. The molecule has 6 heteroatoms. The molecule has 1 N–H and O–H groups in total. The summed E-state index contributed by atoms with van der Waals surface area (Å²) in [5.41, 5.74) is 0.670. The first kappa shape index (κ1) is 16.2. The fourth-order valence-corrected chi connectivity index (χ4v) is 3.02.